The first-order valence-corrected chi connectivity index (χ1v) is 17.3. The molecule has 11 heteroatoms. The summed E-state index contributed by atoms with van der Waals surface area (Å²) < 4.78 is 0.852. The average Bonchev–Trinajstić information content (AvgIpc) is 3.64. The Hall–Kier alpha value is -2.92. The highest BCUT2D eigenvalue weighted by Crippen LogP contribution is 2.28. The third-order valence-corrected chi connectivity index (χ3v) is 9.36. The van der Waals surface area contributed by atoms with Gasteiger partial charge in [0.05, 0.1) is 24.0 Å². The van der Waals surface area contributed by atoms with Crippen LogP contribution in [-0.2, 0) is 4.79 Å². The maximum atomic E-state index is 12.8. The number of thioether (sulfide) groups is 1. The lowest BCUT2D eigenvalue weighted by molar-refractivity contribution is -0.119. The smallest absolute Gasteiger partial charge is 0.273 e. The SMILES string of the molecule is CC/C=C(\C/C=C\CCl)CN1CCCC(NC(=O)CSc2nc(C3=CCC=CC(NC(=O)c4cnc[nH]4)=C3)cs2)CCC1. The highest BCUT2D eigenvalue weighted by atomic mass is 35.5. The van der Waals surface area contributed by atoms with Gasteiger partial charge in [-0.25, -0.2) is 9.97 Å². The van der Waals surface area contributed by atoms with Crippen molar-refractivity contribution in [2.75, 3.05) is 31.3 Å². The van der Waals surface area contributed by atoms with Crippen molar-refractivity contribution in [1.29, 1.82) is 0 Å². The van der Waals surface area contributed by atoms with Crippen molar-refractivity contribution in [1.82, 2.24) is 30.5 Å². The van der Waals surface area contributed by atoms with Crippen molar-refractivity contribution in [2.24, 2.45) is 0 Å². The maximum absolute atomic E-state index is 12.8. The normalized spacial score (nSPS) is 17.2. The van der Waals surface area contributed by atoms with E-state index in [1.807, 2.05) is 29.7 Å². The predicted octanol–water partition coefficient (Wildman–Crippen LogP) is 6.50. The Labute approximate surface area is 267 Å². The van der Waals surface area contributed by atoms with Gasteiger partial charge in [0.2, 0.25) is 5.91 Å². The number of imidazole rings is 1. The van der Waals surface area contributed by atoms with Gasteiger partial charge in [0.1, 0.15) is 5.69 Å². The second-order valence-corrected chi connectivity index (χ2v) is 12.9. The summed E-state index contributed by atoms with van der Waals surface area (Å²) in [5.74, 6) is 0.717. The van der Waals surface area contributed by atoms with Gasteiger partial charge in [-0.2, -0.15) is 0 Å². The van der Waals surface area contributed by atoms with Gasteiger partial charge in [-0.1, -0.05) is 54.6 Å². The number of halogens is 1. The zero-order valence-corrected chi connectivity index (χ0v) is 27.1. The van der Waals surface area contributed by atoms with Gasteiger partial charge in [-0.15, -0.1) is 22.9 Å². The summed E-state index contributed by atoms with van der Waals surface area (Å²) in [6.07, 6.45) is 24.3. The Morgan fingerprint density at radius 2 is 2.09 bits per heavy atom. The van der Waals surface area contributed by atoms with E-state index in [9.17, 15) is 9.59 Å². The van der Waals surface area contributed by atoms with Crippen LogP contribution in [-0.4, -0.2) is 69.0 Å². The van der Waals surface area contributed by atoms with Crippen LogP contribution in [0, 0.1) is 0 Å². The molecule has 0 spiro atoms. The van der Waals surface area contributed by atoms with E-state index >= 15 is 0 Å². The minimum Gasteiger partial charge on any atom is -0.353 e. The molecule has 3 heterocycles. The number of H-pyrrole nitrogens is 1. The van der Waals surface area contributed by atoms with Crippen molar-refractivity contribution in [3.05, 3.63) is 83.1 Å². The minimum absolute atomic E-state index is 0.0602. The number of rotatable bonds is 13. The number of alkyl halides is 1. The summed E-state index contributed by atoms with van der Waals surface area (Å²) in [5, 5.41) is 8.18. The summed E-state index contributed by atoms with van der Waals surface area (Å²) in [6, 6.07) is 0.226. The number of amides is 2. The number of nitrogens with one attached hydrogen (secondary N) is 3. The summed E-state index contributed by atoms with van der Waals surface area (Å²) in [5.41, 5.74) is 4.31. The number of thiazole rings is 1. The van der Waals surface area contributed by atoms with Crippen LogP contribution in [0.4, 0.5) is 0 Å². The zero-order valence-electron chi connectivity index (χ0n) is 24.7. The Morgan fingerprint density at radius 1 is 1.26 bits per heavy atom. The molecule has 230 valence electrons. The summed E-state index contributed by atoms with van der Waals surface area (Å²) >= 11 is 8.79. The number of carbonyl (C=O) groups is 2. The number of nitrogens with zero attached hydrogens (tertiary/aromatic N) is 3. The standard InChI is InChI=1S/C32H41ClN6O2S2/c1-2-9-24(10-5-6-15-33)20-39-16-7-13-26(14-8-17-39)36-30(40)22-43-32-38-29(21-42-32)25-11-3-4-12-27(18-25)37-31(41)28-19-34-23-35-28/h4-6,9,11-12,18-19,21,23,26H,2-3,7-8,10,13-17,20,22H2,1H3,(H,34,35)(H,36,40)(H,37,41)/b6-5-,24-9+. The van der Waals surface area contributed by atoms with Crippen LogP contribution in [0.15, 0.2) is 76.0 Å². The number of likely N-dealkylation sites (tertiary alicyclic amines) is 1. The summed E-state index contributed by atoms with van der Waals surface area (Å²) in [7, 11) is 0. The van der Waals surface area contributed by atoms with E-state index in [0.29, 0.717) is 23.0 Å². The Balaban J connectivity index is 1.21. The maximum Gasteiger partial charge on any atom is 0.273 e. The molecule has 0 unspecified atom stereocenters. The highest BCUT2D eigenvalue weighted by molar-refractivity contribution is 8.01. The molecule has 43 heavy (non-hydrogen) atoms. The van der Waals surface area contributed by atoms with Crippen molar-refractivity contribution in [3.63, 3.8) is 0 Å². The van der Waals surface area contributed by atoms with E-state index in [1.54, 1.807) is 0 Å². The second kappa shape index (κ2) is 18.0. The van der Waals surface area contributed by atoms with Crippen LogP contribution in [0.1, 0.15) is 68.1 Å². The van der Waals surface area contributed by atoms with E-state index in [0.717, 1.165) is 80.2 Å². The van der Waals surface area contributed by atoms with Gasteiger partial charge in [-0.3, -0.25) is 14.5 Å². The summed E-state index contributed by atoms with van der Waals surface area (Å²) in [6.45, 7) is 5.30. The third-order valence-electron chi connectivity index (χ3n) is 7.16. The molecular weight excluding hydrogens is 600 g/mol. The largest absolute Gasteiger partial charge is 0.353 e. The number of aromatic amines is 1. The molecule has 2 aromatic heterocycles. The first-order chi connectivity index (χ1) is 21.0. The molecule has 1 aliphatic carbocycles. The monoisotopic (exact) mass is 640 g/mol. The number of allylic oxidation sites excluding steroid dienone is 8. The van der Waals surface area contributed by atoms with Crippen LogP contribution in [0.2, 0.25) is 0 Å². The molecule has 0 radical (unpaired) electrons. The molecule has 3 N–H and O–H groups in total. The molecule has 2 aromatic rings. The summed E-state index contributed by atoms with van der Waals surface area (Å²) in [4.78, 5) is 39.3. The van der Waals surface area contributed by atoms with Crippen LogP contribution in [0.5, 0.6) is 0 Å². The molecule has 1 fully saturated rings. The Bertz CT molecular complexity index is 1340. The fourth-order valence-electron chi connectivity index (χ4n) is 5.12. The molecule has 1 saturated heterocycles. The zero-order chi connectivity index (χ0) is 30.3. The van der Waals surface area contributed by atoms with E-state index in [1.165, 1.54) is 41.2 Å². The minimum atomic E-state index is -0.249. The van der Waals surface area contributed by atoms with Crippen LogP contribution >= 0.6 is 34.7 Å². The molecule has 0 bridgehead atoms. The number of aromatic nitrogens is 3. The quantitative estimate of drug-likeness (QED) is 0.131. The Morgan fingerprint density at radius 3 is 2.84 bits per heavy atom. The van der Waals surface area contributed by atoms with E-state index in [-0.39, 0.29) is 17.9 Å². The number of hydrogen-bond acceptors (Lipinski definition) is 7. The van der Waals surface area contributed by atoms with Crippen molar-refractivity contribution >= 4 is 52.1 Å². The van der Waals surface area contributed by atoms with Gasteiger partial charge < -0.3 is 15.6 Å². The van der Waals surface area contributed by atoms with Crippen molar-refractivity contribution < 1.29 is 9.59 Å². The molecule has 0 atom stereocenters. The van der Waals surface area contributed by atoms with Crippen LogP contribution in [0.3, 0.4) is 0 Å². The van der Waals surface area contributed by atoms with Gasteiger partial charge >= 0.3 is 0 Å². The molecule has 0 aromatic carbocycles. The average molecular weight is 641 g/mol. The predicted molar refractivity (Wildman–Crippen MR) is 178 cm³/mol. The molecule has 2 aliphatic rings. The molecule has 4 rings (SSSR count). The van der Waals surface area contributed by atoms with E-state index < -0.39 is 0 Å². The highest BCUT2D eigenvalue weighted by Gasteiger charge is 2.18. The fourth-order valence-corrected chi connectivity index (χ4v) is 6.89. The van der Waals surface area contributed by atoms with E-state index in [2.05, 4.69) is 50.7 Å². The fraction of sp³-hybridized carbons (Fsp3) is 0.438. The molecule has 2 amide bonds. The van der Waals surface area contributed by atoms with Crippen molar-refractivity contribution in [3.8, 4) is 0 Å². The molecular formula is C32H41ClN6O2S2. The molecule has 1 aliphatic heterocycles. The van der Waals surface area contributed by atoms with Gasteiger partial charge in [0.25, 0.3) is 5.91 Å². The van der Waals surface area contributed by atoms with Gasteiger partial charge in [-0.05, 0) is 75.8 Å². The lowest BCUT2D eigenvalue weighted by atomic mass is 10.0. The second-order valence-electron chi connectivity index (χ2n) is 10.5. The first kappa shape index (κ1) is 33.0. The lowest BCUT2D eigenvalue weighted by Gasteiger charge is -2.29. The van der Waals surface area contributed by atoms with E-state index in [4.69, 9.17) is 16.6 Å². The van der Waals surface area contributed by atoms with Gasteiger partial charge in [0.15, 0.2) is 4.34 Å². The van der Waals surface area contributed by atoms with Crippen LogP contribution in [0.25, 0.3) is 5.57 Å². The Kier molecular flexibility index (Phi) is 13.8. The molecule has 0 saturated carbocycles. The van der Waals surface area contributed by atoms with Gasteiger partial charge in [0, 0.05) is 29.5 Å². The van der Waals surface area contributed by atoms with Crippen LogP contribution < -0.4 is 10.6 Å². The number of carbonyl (C=O) groups excluding carboxylic acids is 2. The lowest BCUT2D eigenvalue weighted by Crippen LogP contribution is -2.39. The van der Waals surface area contributed by atoms with Crippen molar-refractivity contribution in [2.45, 2.75) is 62.3 Å². The number of hydrogen-bond donors (Lipinski definition) is 3. The topological polar surface area (TPSA) is 103 Å². The third kappa shape index (κ3) is 11.3. The molecule has 8 nitrogen and oxygen atoms in total. The first-order valence-electron chi connectivity index (χ1n) is 14.9.